The summed E-state index contributed by atoms with van der Waals surface area (Å²) in [5, 5.41) is 4.37. The molecule has 0 saturated carbocycles. The predicted octanol–water partition coefficient (Wildman–Crippen LogP) is 4.54. The van der Waals surface area contributed by atoms with Crippen molar-refractivity contribution in [2.75, 3.05) is 6.54 Å². The lowest BCUT2D eigenvalue weighted by Gasteiger charge is -2.30. The van der Waals surface area contributed by atoms with Gasteiger partial charge in [-0.25, -0.2) is 0 Å². The molecule has 1 aromatic heterocycles. The zero-order chi connectivity index (χ0) is 17.6. The van der Waals surface area contributed by atoms with Crippen LogP contribution in [-0.4, -0.2) is 17.0 Å². The van der Waals surface area contributed by atoms with E-state index >= 15 is 0 Å². The van der Waals surface area contributed by atoms with Gasteiger partial charge in [0.05, 0.1) is 0 Å². The van der Waals surface area contributed by atoms with E-state index in [4.69, 9.17) is 0 Å². The lowest BCUT2D eigenvalue weighted by molar-refractivity contribution is -0.118. The number of fused-ring (bicyclic) bond motifs is 3. The Kier molecular flexibility index (Phi) is 4.06. The molecule has 0 atom stereocenters. The Bertz CT molecular complexity index is 831. The SMILES string of the molecule is Cc1ccc2c(c1)cc1n2CCNC(=O)/C(C(C)(C)C)=C\1C(C)C. The van der Waals surface area contributed by atoms with Gasteiger partial charge in [-0.1, -0.05) is 46.2 Å². The van der Waals surface area contributed by atoms with Gasteiger partial charge >= 0.3 is 0 Å². The minimum Gasteiger partial charge on any atom is -0.350 e. The number of carbonyl (C=O) groups excluding carboxylic acids is 1. The highest BCUT2D eigenvalue weighted by Crippen LogP contribution is 2.39. The normalized spacial score (nSPS) is 19.2. The van der Waals surface area contributed by atoms with Crippen LogP contribution < -0.4 is 5.32 Å². The van der Waals surface area contributed by atoms with Crippen LogP contribution in [0.4, 0.5) is 0 Å². The Morgan fingerprint density at radius 3 is 2.50 bits per heavy atom. The summed E-state index contributed by atoms with van der Waals surface area (Å²) >= 11 is 0. The molecule has 0 fully saturated rings. The average molecular weight is 324 g/mol. The molecule has 1 amide bonds. The number of nitrogens with zero attached hydrogens (tertiary/aromatic N) is 1. The molecular weight excluding hydrogens is 296 g/mol. The molecule has 1 aliphatic rings. The molecule has 0 unspecified atom stereocenters. The number of rotatable bonds is 1. The van der Waals surface area contributed by atoms with Crippen molar-refractivity contribution < 1.29 is 4.79 Å². The van der Waals surface area contributed by atoms with E-state index in [-0.39, 0.29) is 17.2 Å². The predicted molar refractivity (Wildman–Crippen MR) is 101 cm³/mol. The highest BCUT2D eigenvalue weighted by atomic mass is 16.1. The molecule has 2 heterocycles. The number of aromatic nitrogens is 1. The molecule has 3 heteroatoms. The largest absolute Gasteiger partial charge is 0.350 e. The first-order valence-electron chi connectivity index (χ1n) is 8.83. The summed E-state index contributed by atoms with van der Waals surface area (Å²) in [6, 6.07) is 8.86. The zero-order valence-corrected chi connectivity index (χ0v) is 15.7. The second kappa shape index (κ2) is 5.80. The Balaban J connectivity index is 2.40. The molecule has 24 heavy (non-hydrogen) atoms. The molecule has 0 aliphatic carbocycles. The Labute approximate surface area is 144 Å². The van der Waals surface area contributed by atoms with Crippen LogP contribution in [0, 0.1) is 18.3 Å². The van der Waals surface area contributed by atoms with Gasteiger partial charge in [-0.15, -0.1) is 0 Å². The third-order valence-corrected chi connectivity index (χ3v) is 4.78. The summed E-state index contributed by atoms with van der Waals surface area (Å²) in [6.07, 6.45) is 0. The molecule has 2 aromatic rings. The van der Waals surface area contributed by atoms with Gasteiger partial charge in [-0.3, -0.25) is 4.79 Å². The van der Waals surface area contributed by atoms with Crippen molar-refractivity contribution in [2.45, 2.75) is 48.1 Å². The number of carbonyl (C=O) groups is 1. The van der Waals surface area contributed by atoms with Gasteiger partial charge in [0.1, 0.15) is 0 Å². The maximum atomic E-state index is 12.8. The van der Waals surface area contributed by atoms with Crippen LogP contribution in [0.25, 0.3) is 16.5 Å². The fraction of sp³-hybridized carbons (Fsp3) is 0.476. The van der Waals surface area contributed by atoms with E-state index in [1.807, 2.05) is 0 Å². The first kappa shape index (κ1) is 16.8. The second-order valence-electron chi connectivity index (χ2n) is 8.19. The minimum absolute atomic E-state index is 0.0823. The van der Waals surface area contributed by atoms with E-state index in [0.717, 1.165) is 12.1 Å². The van der Waals surface area contributed by atoms with Crippen molar-refractivity contribution in [1.82, 2.24) is 9.88 Å². The van der Waals surface area contributed by atoms with E-state index in [2.05, 4.69) is 75.7 Å². The van der Waals surface area contributed by atoms with Crippen LogP contribution in [0.15, 0.2) is 29.8 Å². The smallest absolute Gasteiger partial charge is 0.248 e. The van der Waals surface area contributed by atoms with Crippen molar-refractivity contribution in [3.05, 3.63) is 41.1 Å². The van der Waals surface area contributed by atoms with Gasteiger partial charge in [-0.05, 0) is 42.0 Å². The maximum Gasteiger partial charge on any atom is 0.248 e. The summed E-state index contributed by atoms with van der Waals surface area (Å²) in [6.45, 7) is 14.3. The van der Waals surface area contributed by atoms with E-state index in [9.17, 15) is 4.79 Å². The topological polar surface area (TPSA) is 34.0 Å². The fourth-order valence-corrected chi connectivity index (χ4v) is 3.80. The molecule has 128 valence electrons. The molecule has 0 spiro atoms. The molecule has 1 aromatic carbocycles. The first-order chi connectivity index (χ1) is 11.2. The number of aryl methyl sites for hydroxylation is 1. The van der Waals surface area contributed by atoms with Crippen LogP contribution in [-0.2, 0) is 11.3 Å². The van der Waals surface area contributed by atoms with Crippen LogP contribution in [0.3, 0.4) is 0 Å². The Hall–Kier alpha value is -2.03. The standard InChI is InChI=1S/C21H28N2O/c1-13(2)18-17-12-15-11-14(3)7-8-16(15)23(17)10-9-22-20(24)19(18)21(4,5)6/h7-8,11-13H,9-10H2,1-6H3,(H,22,24)/b19-18+. The number of hydrogen-bond donors (Lipinski definition) is 1. The molecule has 0 radical (unpaired) electrons. The quantitative estimate of drug-likeness (QED) is 0.821. The average Bonchev–Trinajstić information content (AvgIpc) is 2.77. The van der Waals surface area contributed by atoms with Gasteiger partial charge in [0.25, 0.3) is 0 Å². The number of allylic oxidation sites excluding steroid dienone is 1. The third-order valence-electron chi connectivity index (χ3n) is 4.78. The number of nitrogens with one attached hydrogen (secondary N) is 1. The van der Waals surface area contributed by atoms with E-state index in [0.29, 0.717) is 6.54 Å². The lowest BCUT2D eigenvalue weighted by atomic mass is 9.78. The zero-order valence-electron chi connectivity index (χ0n) is 15.7. The van der Waals surface area contributed by atoms with E-state index in [1.54, 1.807) is 0 Å². The number of amides is 1. The summed E-state index contributed by atoms with van der Waals surface area (Å²) in [4.78, 5) is 12.8. The monoisotopic (exact) mass is 324 g/mol. The number of benzene rings is 1. The molecular formula is C21H28N2O. The summed E-state index contributed by atoms with van der Waals surface area (Å²) in [5.41, 5.74) is 5.61. The Morgan fingerprint density at radius 1 is 1.17 bits per heavy atom. The van der Waals surface area contributed by atoms with Gasteiger partial charge < -0.3 is 9.88 Å². The maximum absolute atomic E-state index is 12.8. The first-order valence-corrected chi connectivity index (χ1v) is 8.83. The van der Waals surface area contributed by atoms with Gasteiger partial charge in [0, 0.05) is 35.3 Å². The molecule has 1 aliphatic heterocycles. The van der Waals surface area contributed by atoms with Crippen LogP contribution in [0.1, 0.15) is 45.9 Å². The van der Waals surface area contributed by atoms with E-state index in [1.165, 1.54) is 27.7 Å². The highest BCUT2D eigenvalue weighted by molar-refractivity contribution is 6.03. The van der Waals surface area contributed by atoms with Crippen molar-refractivity contribution >= 4 is 22.4 Å². The molecule has 3 nitrogen and oxygen atoms in total. The molecule has 0 saturated heterocycles. The highest BCUT2D eigenvalue weighted by Gasteiger charge is 2.32. The summed E-state index contributed by atoms with van der Waals surface area (Å²) < 4.78 is 2.37. The third kappa shape index (κ3) is 2.77. The van der Waals surface area contributed by atoms with Gasteiger partial charge in [-0.2, -0.15) is 0 Å². The molecule has 3 rings (SSSR count). The molecule has 0 bridgehead atoms. The van der Waals surface area contributed by atoms with Crippen molar-refractivity contribution in [3.8, 4) is 0 Å². The van der Waals surface area contributed by atoms with Crippen LogP contribution in [0.2, 0.25) is 0 Å². The number of hydrogen-bond acceptors (Lipinski definition) is 1. The van der Waals surface area contributed by atoms with Gasteiger partial charge in [0.15, 0.2) is 0 Å². The lowest BCUT2D eigenvalue weighted by Crippen LogP contribution is -2.36. The van der Waals surface area contributed by atoms with Crippen molar-refractivity contribution in [1.29, 1.82) is 0 Å². The Morgan fingerprint density at radius 2 is 1.88 bits per heavy atom. The van der Waals surface area contributed by atoms with Crippen LogP contribution >= 0.6 is 0 Å². The second-order valence-corrected chi connectivity index (χ2v) is 8.19. The van der Waals surface area contributed by atoms with Crippen molar-refractivity contribution in [3.63, 3.8) is 0 Å². The van der Waals surface area contributed by atoms with Gasteiger partial charge in [0.2, 0.25) is 5.91 Å². The fourth-order valence-electron chi connectivity index (χ4n) is 3.80. The molecule has 1 N–H and O–H groups in total. The van der Waals surface area contributed by atoms with Crippen LogP contribution in [0.5, 0.6) is 0 Å². The minimum atomic E-state index is -0.196. The van der Waals surface area contributed by atoms with Crippen molar-refractivity contribution in [2.24, 2.45) is 11.3 Å². The summed E-state index contributed by atoms with van der Waals surface area (Å²) in [7, 11) is 0. The summed E-state index contributed by atoms with van der Waals surface area (Å²) in [5.74, 6) is 0.367. The van der Waals surface area contributed by atoms with E-state index < -0.39 is 0 Å².